The summed E-state index contributed by atoms with van der Waals surface area (Å²) in [5.41, 5.74) is 9.89. The third kappa shape index (κ3) is 4.50. The van der Waals surface area contributed by atoms with Crippen LogP contribution in [-0.2, 0) is 0 Å². The Morgan fingerprint density at radius 1 is 0.148 bits per heavy atom. The first-order chi connectivity index (χ1) is 26.7. The second-order valence-corrected chi connectivity index (χ2v) is 14.9. The monoisotopic (exact) mass is 680 g/mol. The summed E-state index contributed by atoms with van der Waals surface area (Å²) in [5, 5.41) is 18.4. The van der Waals surface area contributed by atoms with Crippen LogP contribution < -0.4 is 0 Å². The lowest BCUT2D eigenvalue weighted by atomic mass is 9.91. The van der Waals surface area contributed by atoms with Crippen molar-refractivity contribution in [2.75, 3.05) is 0 Å². The highest BCUT2D eigenvalue weighted by molar-refractivity contribution is 6.25. The topological polar surface area (TPSA) is 0 Å². The van der Waals surface area contributed by atoms with E-state index >= 15 is 0 Å². The number of benzene rings is 12. The maximum absolute atomic E-state index is 2.34. The molecule has 0 aliphatic rings. The molecule has 12 aromatic rings. The van der Waals surface area contributed by atoms with E-state index in [-0.39, 0.29) is 0 Å². The molecule has 0 heterocycles. The molecule has 0 fully saturated rings. The van der Waals surface area contributed by atoms with Gasteiger partial charge in [-0.05, 0) is 156 Å². The van der Waals surface area contributed by atoms with Crippen molar-refractivity contribution in [2.24, 2.45) is 0 Å². The molecule has 0 radical (unpaired) electrons. The van der Waals surface area contributed by atoms with Gasteiger partial charge in [-0.2, -0.15) is 0 Å². The third-order valence-corrected chi connectivity index (χ3v) is 11.9. The van der Waals surface area contributed by atoms with Crippen LogP contribution in [0.4, 0.5) is 0 Å². The number of fused-ring (bicyclic) bond motifs is 1. The Hall–Kier alpha value is -7.02. The second-order valence-electron chi connectivity index (χ2n) is 14.9. The molecule has 0 aliphatic carbocycles. The van der Waals surface area contributed by atoms with Crippen LogP contribution in [0.1, 0.15) is 0 Å². The quantitative estimate of drug-likeness (QED) is 0.162. The predicted octanol–water partition coefficient (Wildman–Crippen LogP) is 15.3. The van der Waals surface area contributed by atoms with E-state index in [9.17, 15) is 0 Å². The molecule has 0 bridgehead atoms. The van der Waals surface area contributed by atoms with E-state index < -0.39 is 0 Å². The third-order valence-electron chi connectivity index (χ3n) is 11.9. The normalized spacial score (nSPS) is 12.1. The van der Waals surface area contributed by atoms with Crippen LogP contribution in [0.2, 0.25) is 0 Å². The minimum atomic E-state index is 1.23. The highest BCUT2D eigenvalue weighted by Gasteiger charge is 2.13. The highest BCUT2D eigenvalue weighted by atomic mass is 14.2. The molecule has 0 amide bonds. The van der Waals surface area contributed by atoms with Gasteiger partial charge in [-0.3, -0.25) is 0 Å². The van der Waals surface area contributed by atoms with Gasteiger partial charge in [0.15, 0.2) is 0 Å². The fourth-order valence-corrected chi connectivity index (χ4v) is 9.16. The molecule has 0 aromatic heterocycles. The number of hydrogen-bond donors (Lipinski definition) is 0. The fraction of sp³-hybridized carbons (Fsp3) is 0. The van der Waals surface area contributed by atoms with Crippen LogP contribution in [0.15, 0.2) is 194 Å². The summed E-state index contributed by atoms with van der Waals surface area (Å²) in [6, 6.07) is 72.4. The molecule has 12 rings (SSSR count). The van der Waals surface area contributed by atoms with Crippen LogP contribution in [-0.4, -0.2) is 0 Å². The molecular weight excluding hydrogens is 649 g/mol. The van der Waals surface area contributed by atoms with Crippen molar-refractivity contribution in [2.45, 2.75) is 0 Å². The zero-order chi connectivity index (χ0) is 35.3. The van der Waals surface area contributed by atoms with Crippen molar-refractivity contribution >= 4 is 75.4 Å². The summed E-state index contributed by atoms with van der Waals surface area (Å²) in [4.78, 5) is 0. The van der Waals surface area contributed by atoms with Crippen molar-refractivity contribution in [1.82, 2.24) is 0 Å². The summed E-state index contributed by atoms with van der Waals surface area (Å²) < 4.78 is 0. The first-order valence-electron chi connectivity index (χ1n) is 18.8. The van der Waals surface area contributed by atoms with Crippen LogP contribution in [0, 0.1) is 0 Å². The second kappa shape index (κ2) is 11.2. The fourth-order valence-electron chi connectivity index (χ4n) is 9.16. The summed E-state index contributed by atoms with van der Waals surface area (Å²) in [5.74, 6) is 0. The average molecular weight is 681 g/mol. The lowest BCUT2D eigenvalue weighted by molar-refractivity contribution is 1.61. The van der Waals surface area contributed by atoms with Gasteiger partial charge in [0.05, 0.1) is 0 Å². The maximum Gasteiger partial charge on any atom is -0.00264 e. The summed E-state index contributed by atoms with van der Waals surface area (Å²) in [6.45, 7) is 0. The molecule has 0 unspecified atom stereocenters. The zero-order valence-electron chi connectivity index (χ0n) is 29.5. The van der Waals surface area contributed by atoms with Crippen LogP contribution in [0.3, 0.4) is 0 Å². The lowest BCUT2D eigenvalue weighted by Gasteiger charge is -2.13. The molecule has 0 spiro atoms. The van der Waals surface area contributed by atoms with Gasteiger partial charge < -0.3 is 0 Å². The Labute approximate surface area is 312 Å². The van der Waals surface area contributed by atoms with E-state index in [2.05, 4.69) is 194 Å². The molecule has 0 heteroatoms. The summed E-state index contributed by atoms with van der Waals surface area (Å²) >= 11 is 0. The Kier molecular flexibility index (Phi) is 6.15. The first kappa shape index (κ1) is 29.5. The molecule has 54 heavy (non-hydrogen) atoms. The smallest absolute Gasteiger partial charge is 0.00264 e. The Morgan fingerprint density at radius 3 is 0.704 bits per heavy atom. The largest absolute Gasteiger partial charge is 0.0610 e. The van der Waals surface area contributed by atoms with Gasteiger partial charge in [0.2, 0.25) is 0 Å². The Balaban J connectivity index is 0.824. The minimum absolute atomic E-state index is 1.23. The Morgan fingerprint density at radius 2 is 0.370 bits per heavy atom. The number of rotatable bonds is 4. The van der Waals surface area contributed by atoms with E-state index in [1.807, 2.05) is 0 Å². The van der Waals surface area contributed by atoms with Crippen molar-refractivity contribution in [3.63, 3.8) is 0 Å². The van der Waals surface area contributed by atoms with E-state index in [0.29, 0.717) is 0 Å². The van der Waals surface area contributed by atoms with Crippen LogP contribution in [0.25, 0.3) is 120 Å². The number of hydrogen-bond acceptors (Lipinski definition) is 0. The molecule has 0 N–H and O–H groups in total. The van der Waals surface area contributed by atoms with Crippen LogP contribution >= 0.6 is 0 Å². The van der Waals surface area contributed by atoms with Crippen molar-refractivity contribution < 1.29 is 0 Å². The van der Waals surface area contributed by atoms with Crippen molar-refractivity contribution in [1.29, 1.82) is 0 Å². The van der Waals surface area contributed by atoms with Gasteiger partial charge in [0.25, 0.3) is 0 Å². The molecule has 0 saturated heterocycles. The zero-order valence-corrected chi connectivity index (χ0v) is 29.5. The van der Waals surface area contributed by atoms with E-state index in [1.54, 1.807) is 0 Å². The van der Waals surface area contributed by atoms with Gasteiger partial charge >= 0.3 is 0 Å². The van der Waals surface area contributed by atoms with E-state index in [1.165, 1.54) is 120 Å². The predicted molar refractivity (Wildman–Crippen MR) is 233 cm³/mol. The van der Waals surface area contributed by atoms with Gasteiger partial charge in [0, 0.05) is 0 Å². The average Bonchev–Trinajstić information content (AvgIpc) is 3.24. The van der Waals surface area contributed by atoms with Crippen LogP contribution in [0.5, 0.6) is 0 Å². The minimum Gasteiger partial charge on any atom is -0.0610 e. The Bertz CT molecular complexity index is 3040. The van der Waals surface area contributed by atoms with Gasteiger partial charge in [-0.15, -0.1) is 0 Å². The molecule has 0 saturated carbocycles. The highest BCUT2D eigenvalue weighted by Crippen LogP contribution is 2.40. The summed E-state index contributed by atoms with van der Waals surface area (Å²) in [7, 11) is 0. The SMILES string of the molecule is c1cc2ccc3cc(-c4ccc(-c5ccc6cc(-c7ccc(-c8cc9ccc%10cccc%11ccc(c8)c9c%10%11)cc7)ccc6c5)cc4)cc4ccc(c1)c2c34. The molecule has 0 aliphatic heterocycles. The van der Waals surface area contributed by atoms with Gasteiger partial charge in [0.1, 0.15) is 0 Å². The van der Waals surface area contributed by atoms with E-state index in [0.717, 1.165) is 0 Å². The standard InChI is InChI=1S/C54H32/c1-3-37-15-23-45-29-49(30-46-24-16-38(4-1)51(37)53(45)46)35-11-7-33(8-12-35)41-19-21-44-28-42(20-22-43(44)27-41)34-9-13-36(14-10-34)50-31-47-25-17-39-5-2-6-40-18-26-48(32-50)54(47)52(39)40/h1-32H. The van der Waals surface area contributed by atoms with E-state index in [4.69, 9.17) is 0 Å². The first-order valence-corrected chi connectivity index (χ1v) is 18.8. The van der Waals surface area contributed by atoms with Gasteiger partial charge in [-0.1, -0.05) is 158 Å². The van der Waals surface area contributed by atoms with Crippen molar-refractivity contribution in [3.05, 3.63) is 194 Å². The molecule has 0 nitrogen and oxygen atoms in total. The molecule has 248 valence electrons. The van der Waals surface area contributed by atoms with Gasteiger partial charge in [-0.25, -0.2) is 0 Å². The molecular formula is C54H32. The molecule has 0 atom stereocenters. The summed E-state index contributed by atoms with van der Waals surface area (Å²) in [6.07, 6.45) is 0. The van der Waals surface area contributed by atoms with Crippen molar-refractivity contribution in [3.8, 4) is 44.5 Å². The maximum atomic E-state index is 2.34. The lowest BCUT2D eigenvalue weighted by Crippen LogP contribution is -1.86. The molecule has 12 aromatic carbocycles.